The molecule has 0 unspecified atom stereocenters. The summed E-state index contributed by atoms with van der Waals surface area (Å²) < 4.78 is 5.95. The van der Waals surface area contributed by atoms with Crippen LogP contribution in [0.1, 0.15) is 40.2 Å². The molecule has 0 aliphatic heterocycles. The highest BCUT2D eigenvalue weighted by molar-refractivity contribution is 14.0. The van der Waals surface area contributed by atoms with Crippen LogP contribution in [-0.4, -0.2) is 74.7 Å². The molecule has 0 aliphatic carbocycles. The van der Waals surface area contributed by atoms with Gasteiger partial charge in [-0.05, 0) is 54.8 Å². The molecule has 7 heteroatoms. The minimum atomic E-state index is 0. The quantitative estimate of drug-likeness (QED) is 0.252. The van der Waals surface area contributed by atoms with Crippen LogP contribution < -0.4 is 15.4 Å². The van der Waals surface area contributed by atoms with E-state index in [0.29, 0.717) is 25.2 Å². The molecule has 168 valence electrons. The van der Waals surface area contributed by atoms with Gasteiger partial charge in [0.2, 0.25) is 0 Å². The van der Waals surface area contributed by atoms with Crippen molar-refractivity contribution in [2.45, 2.75) is 53.2 Å². The second-order valence-corrected chi connectivity index (χ2v) is 7.81. The van der Waals surface area contributed by atoms with Gasteiger partial charge >= 0.3 is 0 Å². The highest BCUT2D eigenvalue weighted by atomic mass is 127. The zero-order valence-electron chi connectivity index (χ0n) is 19.4. The molecule has 0 saturated carbocycles. The van der Waals surface area contributed by atoms with Crippen LogP contribution in [0, 0.1) is 0 Å². The van der Waals surface area contributed by atoms with Gasteiger partial charge in [0, 0.05) is 43.8 Å². The van der Waals surface area contributed by atoms with Crippen molar-refractivity contribution in [1.82, 2.24) is 20.4 Å². The third-order valence-electron chi connectivity index (χ3n) is 4.51. The van der Waals surface area contributed by atoms with E-state index >= 15 is 0 Å². The van der Waals surface area contributed by atoms with Gasteiger partial charge in [-0.1, -0.05) is 18.2 Å². The van der Waals surface area contributed by atoms with Crippen molar-refractivity contribution in [3.8, 4) is 5.75 Å². The van der Waals surface area contributed by atoms with E-state index in [4.69, 9.17) is 9.73 Å². The Balaban J connectivity index is 0.00000784. The van der Waals surface area contributed by atoms with E-state index in [1.54, 1.807) is 0 Å². The maximum atomic E-state index is 5.95. The summed E-state index contributed by atoms with van der Waals surface area (Å²) in [6.45, 7) is 15.9. The number of aliphatic imine (C=N–C) groups is 1. The lowest BCUT2D eigenvalue weighted by Crippen LogP contribution is -2.45. The summed E-state index contributed by atoms with van der Waals surface area (Å²) in [7, 11) is 4.10. The molecule has 0 saturated heterocycles. The summed E-state index contributed by atoms with van der Waals surface area (Å²) in [6, 6.07) is 9.21. The molecular formula is C22H42IN5O. The van der Waals surface area contributed by atoms with Crippen molar-refractivity contribution in [2.75, 3.05) is 46.9 Å². The van der Waals surface area contributed by atoms with Crippen LogP contribution >= 0.6 is 24.0 Å². The van der Waals surface area contributed by atoms with E-state index in [-0.39, 0.29) is 24.0 Å². The van der Waals surface area contributed by atoms with E-state index in [9.17, 15) is 0 Å². The van der Waals surface area contributed by atoms with Crippen molar-refractivity contribution in [3.05, 3.63) is 29.8 Å². The predicted octanol–water partition coefficient (Wildman–Crippen LogP) is 3.42. The van der Waals surface area contributed by atoms with E-state index in [1.165, 1.54) is 0 Å². The third-order valence-corrected chi connectivity index (χ3v) is 4.51. The van der Waals surface area contributed by atoms with Gasteiger partial charge in [-0.3, -0.25) is 4.90 Å². The Labute approximate surface area is 195 Å². The van der Waals surface area contributed by atoms with Gasteiger partial charge in [0.05, 0.1) is 6.54 Å². The number of para-hydroxylation sites is 1. The van der Waals surface area contributed by atoms with Crippen molar-refractivity contribution in [3.63, 3.8) is 0 Å². The molecule has 0 atom stereocenters. The average Bonchev–Trinajstić information content (AvgIpc) is 2.63. The maximum absolute atomic E-state index is 5.95. The Bertz CT molecular complexity index is 570. The summed E-state index contributed by atoms with van der Waals surface area (Å²) in [4.78, 5) is 9.35. The number of rotatable bonds is 12. The fourth-order valence-electron chi connectivity index (χ4n) is 3.04. The largest absolute Gasteiger partial charge is 0.492 e. The van der Waals surface area contributed by atoms with Gasteiger partial charge in [-0.25, -0.2) is 4.99 Å². The Kier molecular flexibility index (Phi) is 15.2. The summed E-state index contributed by atoms with van der Waals surface area (Å²) in [5.41, 5.74) is 1.10. The summed E-state index contributed by atoms with van der Waals surface area (Å²) in [5.74, 6) is 1.76. The number of likely N-dealkylation sites (N-methyl/N-ethyl adjacent to an activating group) is 1. The van der Waals surface area contributed by atoms with Gasteiger partial charge in [-0.15, -0.1) is 24.0 Å². The Hall–Kier alpha value is -1.06. The summed E-state index contributed by atoms with van der Waals surface area (Å²) >= 11 is 0. The van der Waals surface area contributed by atoms with Crippen LogP contribution in [0.25, 0.3) is 0 Å². The highest BCUT2D eigenvalue weighted by Crippen LogP contribution is 2.18. The van der Waals surface area contributed by atoms with Crippen LogP contribution in [0.15, 0.2) is 29.3 Å². The lowest BCUT2D eigenvalue weighted by molar-refractivity contribution is 0.178. The topological polar surface area (TPSA) is 52.1 Å². The van der Waals surface area contributed by atoms with Gasteiger partial charge in [-0.2, -0.15) is 0 Å². The minimum absolute atomic E-state index is 0. The number of guanidine groups is 1. The van der Waals surface area contributed by atoms with E-state index in [2.05, 4.69) is 61.1 Å². The average molecular weight is 520 g/mol. The molecule has 1 aromatic rings. The second-order valence-electron chi connectivity index (χ2n) is 7.81. The molecule has 0 aromatic heterocycles. The molecule has 0 radical (unpaired) electrons. The van der Waals surface area contributed by atoms with Crippen molar-refractivity contribution < 1.29 is 4.74 Å². The fraction of sp³-hybridized carbons (Fsp3) is 0.682. The summed E-state index contributed by atoms with van der Waals surface area (Å²) in [6.07, 6.45) is 0. The van der Waals surface area contributed by atoms with E-state index < -0.39 is 0 Å². The zero-order valence-corrected chi connectivity index (χ0v) is 21.7. The van der Waals surface area contributed by atoms with Crippen molar-refractivity contribution in [2.24, 2.45) is 4.99 Å². The first-order chi connectivity index (χ1) is 13.3. The Morgan fingerprint density at radius 3 is 2.28 bits per heavy atom. The van der Waals surface area contributed by atoms with E-state index in [1.807, 2.05) is 32.3 Å². The van der Waals surface area contributed by atoms with Crippen LogP contribution in [0.5, 0.6) is 5.75 Å². The first kappa shape index (κ1) is 27.9. The number of hydrogen-bond donors (Lipinski definition) is 2. The van der Waals surface area contributed by atoms with Crippen molar-refractivity contribution >= 4 is 29.9 Å². The van der Waals surface area contributed by atoms with Crippen molar-refractivity contribution in [1.29, 1.82) is 0 Å². The highest BCUT2D eigenvalue weighted by Gasteiger charge is 2.12. The summed E-state index contributed by atoms with van der Waals surface area (Å²) in [5, 5.41) is 6.79. The zero-order chi connectivity index (χ0) is 20.9. The van der Waals surface area contributed by atoms with Gasteiger partial charge in [0.25, 0.3) is 0 Å². The molecule has 0 fully saturated rings. The molecule has 0 bridgehead atoms. The van der Waals surface area contributed by atoms with Crippen LogP contribution in [0.3, 0.4) is 0 Å². The maximum Gasteiger partial charge on any atom is 0.191 e. The Morgan fingerprint density at radius 2 is 1.69 bits per heavy atom. The lowest BCUT2D eigenvalue weighted by atomic mass is 10.2. The lowest BCUT2D eigenvalue weighted by Gasteiger charge is -2.30. The number of hydrogen-bond acceptors (Lipinski definition) is 4. The number of halogens is 1. The number of nitrogens with zero attached hydrogens (tertiary/aromatic N) is 3. The van der Waals surface area contributed by atoms with Gasteiger partial charge < -0.3 is 20.3 Å². The predicted molar refractivity (Wildman–Crippen MR) is 136 cm³/mol. The molecule has 2 N–H and O–H groups in total. The first-order valence-electron chi connectivity index (χ1n) is 10.5. The molecule has 1 aromatic carbocycles. The third kappa shape index (κ3) is 11.6. The van der Waals surface area contributed by atoms with Crippen LogP contribution in [-0.2, 0) is 6.54 Å². The monoisotopic (exact) mass is 519 g/mol. The molecule has 0 heterocycles. The van der Waals surface area contributed by atoms with Crippen LogP contribution in [0.4, 0.5) is 0 Å². The molecule has 6 nitrogen and oxygen atoms in total. The first-order valence-corrected chi connectivity index (χ1v) is 10.5. The molecule has 0 spiro atoms. The Morgan fingerprint density at radius 1 is 1.03 bits per heavy atom. The minimum Gasteiger partial charge on any atom is -0.492 e. The molecule has 1 rings (SSSR count). The van der Waals surface area contributed by atoms with Gasteiger partial charge in [0.1, 0.15) is 12.4 Å². The molecule has 29 heavy (non-hydrogen) atoms. The standard InChI is InChI=1S/C22H41N5O.HI/c1-8-23-22(24-13-14-27(18(2)3)19(4)5)25-17-20-11-9-10-12-21(20)28-16-15-26(6)7;/h9-12,18-19H,8,13-17H2,1-7H3,(H2,23,24,25);1H. The van der Waals surface area contributed by atoms with Crippen LogP contribution in [0.2, 0.25) is 0 Å². The van der Waals surface area contributed by atoms with E-state index in [0.717, 1.165) is 43.5 Å². The number of ether oxygens (including phenoxy) is 1. The SMILES string of the molecule is CCNC(=NCc1ccccc1OCCN(C)C)NCCN(C(C)C)C(C)C.I. The number of benzene rings is 1. The smallest absolute Gasteiger partial charge is 0.191 e. The fourth-order valence-corrected chi connectivity index (χ4v) is 3.04. The molecule has 0 amide bonds. The molecule has 0 aliphatic rings. The second kappa shape index (κ2) is 15.7. The molecular weight excluding hydrogens is 477 g/mol. The van der Waals surface area contributed by atoms with Gasteiger partial charge in [0.15, 0.2) is 5.96 Å². The number of nitrogens with one attached hydrogen (secondary N) is 2. The normalized spacial score (nSPS) is 11.9.